The quantitative estimate of drug-likeness (QED) is 0.758. The van der Waals surface area contributed by atoms with Crippen LogP contribution in [0.15, 0.2) is 47.5 Å². The highest BCUT2D eigenvalue weighted by atomic mass is 35.5. The number of ether oxygens (including phenoxy) is 2. The normalized spacial score (nSPS) is 14.3. The van der Waals surface area contributed by atoms with Crippen molar-refractivity contribution in [3.8, 4) is 11.5 Å². The maximum atomic E-state index is 12.8. The molecule has 0 saturated carbocycles. The van der Waals surface area contributed by atoms with Crippen LogP contribution in [0.4, 0.5) is 5.69 Å². The van der Waals surface area contributed by atoms with Gasteiger partial charge in [0.25, 0.3) is 11.8 Å². The molecule has 1 heterocycles. The molecule has 25 heavy (non-hydrogen) atoms. The molecule has 2 aromatic carbocycles. The molecule has 0 bridgehead atoms. The molecular weight excluding hydrogens is 365 g/mol. The lowest BCUT2D eigenvalue weighted by Gasteiger charge is -2.15. The first kappa shape index (κ1) is 17.3. The highest BCUT2D eigenvalue weighted by molar-refractivity contribution is 6.60. The van der Waals surface area contributed by atoms with Crippen molar-refractivity contribution in [2.75, 3.05) is 19.1 Å². The van der Waals surface area contributed by atoms with Gasteiger partial charge in [-0.3, -0.25) is 9.59 Å². The lowest BCUT2D eigenvalue weighted by molar-refractivity contribution is -0.119. The first-order chi connectivity index (χ1) is 12.0. The summed E-state index contributed by atoms with van der Waals surface area (Å²) in [5, 5.41) is 0.356. The molecule has 0 spiro atoms. The number of hydrogen-bond acceptors (Lipinski definition) is 4. The average Bonchev–Trinajstić information content (AvgIpc) is 2.84. The van der Waals surface area contributed by atoms with E-state index in [9.17, 15) is 9.59 Å². The summed E-state index contributed by atoms with van der Waals surface area (Å²) in [5.41, 5.74) is 0.980. The summed E-state index contributed by atoms with van der Waals surface area (Å²) < 4.78 is 10.4. The number of benzene rings is 2. The van der Waals surface area contributed by atoms with Gasteiger partial charge in [0.05, 0.1) is 25.5 Å². The van der Waals surface area contributed by atoms with Gasteiger partial charge >= 0.3 is 0 Å². The van der Waals surface area contributed by atoms with E-state index < -0.39 is 11.8 Å². The Morgan fingerprint density at radius 3 is 2.08 bits per heavy atom. The zero-order valence-electron chi connectivity index (χ0n) is 13.4. The van der Waals surface area contributed by atoms with Gasteiger partial charge in [-0.15, -0.1) is 0 Å². The van der Waals surface area contributed by atoms with Gasteiger partial charge < -0.3 is 9.47 Å². The van der Waals surface area contributed by atoms with Crippen molar-refractivity contribution < 1.29 is 19.1 Å². The van der Waals surface area contributed by atoms with Crippen molar-refractivity contribution >= 4 is 46.3 Å². The SMILES string of the molecule is COc1ccc(C2=C(Cl)C(=O)N(c3ccc(Cl)cc3)C2=O)cc1OC. The lowest BCUT2D eigenvalue weighted by Crippen LogP contribution is -2.31. The van der Waals surface area contributed by atoms with Crippen LogP contribution in [0.25, 0.3) is 5.57 Å². The smallest absolute Gasteiger partial charge is 0.277 e. The predicted molar refractivity (Wildman–Crippen MR) is 96.3 cm³/mol. The molecule has 3 rings (SSSR count). The van der Waals surface area contributed by atoms with E-state index in [-0.39, 0.29) is 10.6 Å². The number of nitrogens with zero attached hydrogens (tertiary/aromatic N) is 1. The maximum Gasteiger partial charge on any atom is 0.277 e. The molecule has 2 aromatic rings. The van der Waals surface area contributed by atoms with E-state index in [4.69, 9.17) is 32.7 Å². The molecule has 0 aliphatic carbocycles. The summed E-state index contributed by atoms with van der Waals surface area (Å²) >= 11 is 12.0. The standard InChI is InChI=1S/C18H13Cl2NO4/c1-24-13-8-3-10(9-14(13)25-2)15-16(20)18(23)21(17(15)22)12-6-4-11(19)5-7-12/h3-9H,1-2H3. The summed E-state index contributed by atoms with van der Waals surface area (Å²) in [6, 6.07) is 11.3. The molecule has 2 amide bonds. The zero-order chi connectivity index (χ0) is 18.1. The minimum atomic E-state index is -0.584. The summed E-state index contributed by atoms with van der Waals surface area (Å²) in [6.45, 7) is 0. The second-order valence-electron chi connectivity index (χ2n) is 5.18. The maximum absolute atomic E-state index is 12.8. The van der Waals surface area contributed by atoms with Crippen LogP contribution in [0.1, 0.15) is 5.56 Å². The molecule has 128 valence electrons. The molecule has 0 aromatic heterocycles. The summed E-state index contributed by atoms with van der Waals surface area (Å²) in [5.74, 6) is -0.153. The van der Waals surface area contributed by atoms with Gasteiger partial charge in [-0.05, 0) is 42.0 Å². The van der Waals surface area contributed by atoms with Gasteiger partial charge in [-0.25, -0.2) is 4.90 Å². The van der Waals surface area contributed by atoms with Crippen LogP contribution < -0.4 is 14.4 Å². The molecule has 0 N–H and O–H groups in total. The average molecular weight is 378 g/mol. The number of rotatable bonds is 4. The van der Waals surface area contributed by atoms with Crippen LogP contribution in [0.5, 0.6) is 11.5 Å². The second-order valence-corrected chi connectivity index (χ2v) is 6.00. The Hall–Kier alpha value is -2.50. The van der Waals surface area contributed by atoms with Crippen molar-refractivity contribution in [1.29, 1.82) is 0 Å². The largest absolute Gasteiger partial charge is 0.493 e. The van der Waals surface area contributed by atoms with Gasteiger partial charge in [0.1, 0.15) is 5.03 Å². The van der Waals surface area contributed by atoms with Gasteiger partial charge in [-0.2, -0.15) is 0 Å². The highest BCUT2D eigenvalue weighted by Gasteiger charge is 2.39. The van der Waals surface area contributed by atoms with E-state index in [2.05, 4.69) is 0 Å². The first-order valence-electron chi connectivity index (χ1n) is 7.24. The number of methoxy groups -OCH3 is 2. The number of anilines is 1. The molecule has 0 fully saturated rings. The van der Waals surface area contributed by atoms with Crippen LogP contribution in [0.3, 0.4) is 0 Å². The first-order valence-corrected chi connectivity index (χ1v) is 8.00. The Kier molecular flexibility index (Phi) is 4.70. The molecule has 0 radical (unpaired) electrons. The molecular formula is C18H13Cl2NO4. The van der Waals surface area contributed by atoms with Crippen LogP contribution >= 0.6 is 23.2 Å². The lowest BCUT2D eigenvalue weighted by atomic mass is 10.1. The predicted octanol–water partition coefficient (Wildman–Crippen LogP) is 3.88. The van der Waals surface area contributed by atoms with E-state index in [1.165, 1.54) is 14.2 Å². The summed E-state index contributed by atoms with van der Waals surface area (Å²) in [6.07, 6.45) is 0. The van der Waals surface area contributed by atoms with Crippen LogP contribution in [-0.4, -0.2) is 26.0 Å². The van der Waals surface area contributed by atoms with E-state index in [1.807, 2.05) is 0 Å². The van der Waals surface area contributed by atoms with Gasteiger partial charge in [0, 0.05) is 5.02 Å². The number of carbonyl (C=O) groups is 2. The Bertz CT molecular complexity index is 890. The van der Waals surface area contributed by atoms with Gasteiger partial charge in [0.2, 0.25) is 0 Å². The van der Waals surface area contributed by atoms with E-state index >= 15 is 0 Å². The number of hydrogen-bond donors (Lipinski definition) is 0. The molecule has 0 unspecified atom stereocenters. The van der Waals surface area contributed by atoms with Crippen molar-refractivity contribution in [3.05, 3.63) is 58.1 Å². The number of carbonyl (C=O) groups excluding carboxylic acids is 2. The van der Waals surface area contributed by atoms with Crippen LogP contribution in [0.2, 0.25) is 5.02 Å². The van der Waals surface area contributed by atoms with Crippen molar-refractivity contribution in [1.82, 2.24) is 0 Å². The summed E-state index contributed by atoms with van der Waals surface area (Å²) in [7, 11) is 3.00. The third-order valence-electron chi connectivity index (χ3n) is 3.78. The molecule has 5 nitrogen and oxygen atoms in total. The molecule has 0 atom stereocenters. The molecule has 1 aliphatic heterocycles. The van der Waals surface area contributed by atoms with Crippen molar-refractivity contribution in [2.24, 2.45) is 0 Å². The highest BCUT2D eigenvalue weighted by Crippen LogP contribution is 2.38. The Labute approximate surface area is 154 Å². The number of imide groups is 1. The molecule has 1 aliphatic rings. The fourth-order valence-electron chi connectivity index (χ4n) is 2.57. The second kappa shape index (κ2) is 6.78. The molecule has 7 heteroatoms. The van der Waals surface area contributed by atoms with Crippen LogP contribution in [0, 0.1) is 0 Å². The monoisotopic (exact) mass is 377 g/mol. The topological polar surface area (TPSA) is 55.8 Å². The van der Waals surface area contributed by atoms with Gasteiger partial charge in [-0.1, -0.05) is 29.3 Å². The minimum Gasteiger partial charge on any atom is -0.493 e. The van der Waals surface area contributed by atoms with E-state index in [1.54, 1.807) is 42.5 Å². The Balaban J connectivity index is 2.04. The zero-order valence-corrected chi connectivity index (χ0v) is 14.9. The number of amides is 2. The van der Waals surface area contributed by atoms with Gasteiger partial charge in [0.15, 0.2) is 11.5 Å². The van der Waals surface area contributed by atoms with Crippen molar-refractivity contribution in [2.45, 2.75) is 0 Å². The third kappa shape index (κ3) is 2.97. The minimum absolute atomic E-state index is 0.113. The molecule has 0 saturated heterocycles. The van der Waals surface area contributed by atoms with E-state index in [0.29, 0.717) is 27.8 Å². The Morgan fingerprint density at radius 1 is 0.840 bits per heavy atom. The third-order valence-corrected chi connectivity index (χ3v) is 4.39. The number of halogens is 2. The van der Waals surface area contributed by atoms with E-state index in [0.717, 1.165) is 4.90 Å². The van der Waals surface area contributed by atoms with Crippen LogP contribution in [-0.2, 0) is 9.59 Å². The van der Waals surface area contributed by atoms with Crippen molar-refractivity contribution in [3.63, 3.8) is 0 Å². The Morgan fingerprint density at radius 2 is 1.48 bits per heavy atom. The fraction of sp³-hybridized carbons (Fsp3) is 0.111. The fourth-order valence-corrected chi connectivity index (χ4v) is 2.97. The summed E-state index contributed by atoms with van der Waals surface area (Å²) in [4.78, 5) is 26.3.